The molecular formula is C22H19NO. The normalized spacial score (nSPS) is 19.8. The van der Waals surface area contributed by atoms with Crippen molar-refractivity contribution in [2.45, 2.75) is 18.5 Å². The Morgan fingerprint density at radius 1 is 0.667 bits per heavy atom. The van der Waals surface area contributed by atoms with Crippen molar-refractivity contribution in [1.82, 2.24) is 4.90 Å². The molecule has 2 heteroatoms. The summed E-state index contributed by atoms with van der Waals surface area (Å²) in [5.41, 5.74) is 3.46. The smallest absolute Gasteiger partial charge is 0.233 e. The maximum Gasteiger partial charge on any atom is 0.233 e. The summed E-state index contributed by atoms with van der Waals surface area (Å²) in [6, 6.07) is 30.7. The molecule has 0 bridgehead atoms. The number of benzene rings is 3. The molecule has 3 aromatic carbocycles. The van der Waals surface area contributed by atoms with Crippen LogP contribution in [0.2, 0.25) is 0 Å². The van der Waals surface area contributed by atoms with Crippen molar-refractivity contribution in [3.05, 3.63) is 108 Å². The van der Waals surface area contributed by atoms with Gasteiger partial charge in [-0.1, -0.05) is 91.0 Å². The van der Waals surface area contributed by atoms with Gasteiger partial charge in [-0.05, 0) is 16.7 Å². The summed E-state index contributed by atoms with van der Waals surface area (Å²) < 4.78 is 0. The number of nitrogens with zero attached hydrogens (tertiary/aromatic N) is 1. The molecule has 2 atom stereocenters. The van der Waals surface area contributed by atoms with Crippen LogP contribution in [0.1, 0.15) is 28.7 Å². The first kappa shape index (κ1) is 14.7. The number of carbonyl (C=O) groups excluding carboxylic acids is 1. The molecule has 1 saturated heterocycles. The molecule has 0 aromatic heterocycles. The van der Waals surface area contributed by atoms with E-state index in [-0.39, 0.29) is 17.9 Å². The average molecular weight is 313 g/mol. The summed E-state index contributed by atoms with van der Waals surface area (Å²) in [5, 5.41) is 0. The minimum atomic E-state index is -0.0858. The highest BCUT2D eigenvalue weighted by molar-refractivity contribution is 5.91. The first-order valence-electron chi connectivity index (χ1n) is 8.29. The van der Waals surface area contributed by atoms with Crippen LogP contribution in [0.4, 0.5) is 0 Å². The van der Waals surface area contributed by atoms with Gasteiger partial charge in [-0.15, -0.1) is 0 Å². The second kappa shape index (κ2) is 6.32. The zero-order valence-electron chi connectivity index (χ0n) is 13.4. The molecule has 24 heavy (non-hydrogen) atoms. The highest BCUT2D eigenvalue weighted by Crippen LogP contribution is 2.47. The summed E-state index contributed by atoms with van der Waals surface area (Å²) in [6.07, 6.45) is 0. The number of carbonyl (C=O) groups is 1. The first-order chi connectivity index (χ1) is 11.8. The van der Waals surface area contributed by atoms with Gasteiger partial charge >= 0.3 is 0 Å². The highest BCUT2D eigenvalue weighted by atomic mass is 16.2. The lowest BCUT2D eigenvalue weighted by Crippen LogP contribution is -2.52. The number of hydrogen-bond acceptors (Lipinski definition) is 1. The SMILES string of the molecule is O=C1[C@H](c2ccccc2)[C@H](c2ccccc2)N1Cc1ccccc1. The van der Waals surface area contributed by atoms with Crippen LogP contribution in [-0.4, -0.2) is 10.8 Å². The minimum absolute atomic E-state index is 0.0858. The van der Waals surface area contributed by atoms with Gasteiger partial charge in [0.25, 0.3) is 0 Å². The van der Waals surface area contributed by atoms with Crippen LogP contribution in [0, 0.1) is 0 Å². The van der Waals surface area contributed by atoms with Crippen molar-refractivity contribution >= 4 is 5.91 Å². The standard InChI is InChI=1S/C22H19NO/c24-22-20(18-12-6-2-7-13-18)21(19-14-8-3-9-15-19)23(22)16-17-10-4-1-5-11-17/h1-15,20-21H,16H2/t20-,21+/m1/s1. The van der Waals surface area contributed by atoms with Gasteiger partial charge in [0.15, 0.2) is 0 Å². The number of rotatable bonds is 4. The van der Waals surface area contributed by atoms with E-state index in [9.17, 15) is 4.79 Å². The molecule has 0 saturated carbocycles. The maximum absolute atomic E-state index is 12.9. The average Bonchev–Trinajstić information content (AvgIpc) is 2.66. The van der Waals surface area contributed by atoms with E-state index in [4.69, 9.17) is 0 Å². The third-order valence-corrected chi connectivity index (χ3v) is 4.70. The Kier molecular flexibility index (Phi) is 3.87. The van der Waals surface area contributed by atoms with E-state index in [2.05, 4.69) is 36.4 Å². The van der Waals surface area contributed by atoms with Crippen LogP contribution in [0.3, 0.4) is 0 Å². The third kappa shape index (κ3) is 2.61. The summed E-state index contributed by atoms with van der Waals surface area (Å²) >= 11 is 0. The van der Waals surface area contributed by atoms with Gasteiger partial charge in [-0.3, -0.25) is 4.79 Å². The van der Waals surface area contributed by atoms with Gasteiger partial charge < -0.3 is 4.90 Å². The van der Waals surface area contributed by atoms with E-state index in [1.165, 1.54) is 11.1 Å². The molecule has 0 N–H and O–H groups in total. The fraction of sp³-hybridized carbons (Fsp3) is 0.136. The zero-order chi connectivity index (χ0) is 16.4. The van der Waals surface area contributed by atoms with E-state index < -0.39 is 0 Å². The topological polar surface area (TPSA) is 20.3 Å². The lowest BCUT2D eigenvalue weighted by atomic mass is 9.77. The molecule has 1 fully saturated rings. The molecule has 118 valence electrons. The van der Waals surface area contributed by atoms with Crippen LogP contribution in [0.15, 0.2) is 91.0 Å². The zero-order valence-corrected chi connectivity index (χ0v) is 13.4. The lowest BCUT2D eigenvalue weighted by molar-refractivity contribution is -0.151. The molecule has 1 aliphatic rings. The van der Waals surface area contributed by atoms with Crippen molar-refractivity contribution in [2.24, 2.45) is 0 Å². The molecule has 0 spiro atoms. The molecule has 1 heterocycles. The van der Waals surface area contributed by atoms with Crippen molar-refractivity contribution in [2.75, 3.05) is 0 Å². The van der Waals surface area contributed by atoms with E-state index in [0.29, 0.717) is 6.54 Å². The summed E-state index contributed by atoms with van der Waals surface area (Å²) in [7, 11) is 0. The fourth-order valence-corrected chi connectivity index (χ4v) is 3.51. The van der Waals surface area contributed by atoms with Crippen molar-refractivity contribution in [1.29, 1.82) is 0 Å². The Hall–Kier alpha value is -2.87. The Balaban J connectivity index is 1.68. The Morgan fingerprint density at radius 2 is 1.17 bits per heavy atom. The number of amides is 1. The van der Waals surface area contributed by atoms with E-state index in [1.807, 2.05) is 59.5 Å². The molecule has 0 aliphatic carbocycles. The van der Waals surface area contributed by atoms with Crippen LogP contribution >= 0.6 is 0 Å². The van der Waals surface area contributed by atoms with Crippen molar-refractivity contribution in [3.63, 3.8) is 0 Å². The minimum Gasteiger partial charge on any atom is -0.330 e. The Labute approximate surface area is 142 Å². The second-order valence-corrected chi connectivity index (χ2v) is 6.20. The largest absolute Gasteiger partial charge is 0.330 e. The van der Waals surface area contributed by atoms with Crippen molar-refractivity contribution < 1.29 is 4.79 Å². The van der Waals surface area contributed by atoms with Gasteiger partial charge in [-0.25, -0.2) is 0 Å². The molecule has 0 unspecified atom stereocenters. The van der Waals surface area contributed by atoms with Crippen LogP contribution < -0.4 is 0 Å². The predicted octanol–water partition coefficient (Wildman–Crippen LogP) is 4.55. The molecule has 1 amide bonds. The Bertz CT molecular complexity index is 814. The molecule has 4 rings (SSSR count). The number of β-lactam (4-membered cyclic amide) rings is 1. The van der Waals surface area contributed by atoms with Crippen LogP contribution in [0.25, 0.3) is 0 Å². The first-order valence-corrected chi connectivity index (χ1v) is 8.29. The van der Waals surface area contributed by atoms with Crippen LogP contribution in [-0.2, 0) is 11.3 Å². The second-order valence-electron chi connectivity index (χ2n) is 6.20. The molecule has 2 nitrogen and oxygen atoms in total. The Morgan fingerprint density at radius 3 is 1.75 bits per heavy atom. The van der Waals surface area contributed by atoms with Crippen molar-refractivity contribution in [3.8, 4) is 0 Å². The van der Waals surface area contributed by atoms with E-state index >= 15 is 0 Å². The van der Waals surface area contributed by atoms with E-state index in [0.717, 1.165) is 5.56 Å². The summed E-state index contributed by atoms with van der Waals surface area (Å²) in [5.74, 6) is 0.121. The van der Waals surface area contributed by atoms with Gasteiger partial charge in [0.1, 0.15) is 0 Å². The maximum atomic E-state index is 12.9. The molecular weight excluding hydrogens is 294 g/mol. The number of hydrogen-bond donors (Lipinski definition) is 0. The number of likely N-dealkylation sites (tertiary alicyclic amines) is 1. The predicted molar refractivity (Wildman–Crippen MR) is 95.4 cm³/mol. The summed E-state index contributed by atoms with van der Waals surface area (Å²) in [6.45, 7) is 0.655. The van der Waals surface area contributed by atoms with Gasteiger partial charge in [0, 0.05) is 6.54 Å². The fourth-order valence-electron chi connectivity index (χ4n) is 3.51. The highest BCUT2D eigenvalue weighted by Gasteiger charge is 2.48. The quantitative estimate of drug-likeness (QED) is 0.647. The van der Waals surface area contributed by atoms with Gasteiger partial charge in [0.05, 0.1) is 12.0 Å². The van der Waals surface area contributed by atoms with E-state index in [1.54, 1.807) is 0 Å². The summed E-state index contributed by atoms with van der Waals surface area (Å²) in [4.78, 5) is 14.9. The molecule has 3 aromatic rings. The lowest BCUT2D eigenvalue weighted by Gasteiger charge is -2.48. The molecule has 1 aliphatic heterocycles. The molecule has 0 radical (unpaired) electrons. The third-order valence-electron chi connectivity index (χ3n) is 4.70. The van der Waals surface area contributed by atoms with Gasteiger partial charge in [-0.2, -0.15) is 0 Å². The van der Waals surface area contributed by atoms with Gasteiger partial charge in [0.2, 0.25) is 5.91 Å². The monoisotopic (exact) mass is 313 g/mol. The van der Waals surface area contributed by atoms with Crippen LogP contribution in [0.5, 0.6) is 0 Å².